The van der Waals surface area contributed by atoms with E-state index in [1.165, 1.54) is 11.8 Å². The van der Waals surface area contributed by atoms with E-state index in [0.29, 0.717) is 25.9 Å². The van der Waals surface area contributed by atoms with E-state index in [9.17, 15) is 14.9 Å². The number of carbonyl (C=O) groups is 2. The highest BCUT2D eigenvalue weighted by Crippen LogP contribution is 2.36. The molecule has 3 atom stereocenters. The van der Waals surface area contributed by atoms with Crippen LogP contribution >= 0.6 is 11.8 Å². The second-order valence-corrected chi connectivity index (χ2v) is 8.27. The maximum absolute atomic E-state index is 12.8. The summed E-state index contributed by atoms with van der Waals surface area (Å²) < 4.78 is 0. The molecule has 0 spiro atoms. The van der Waals surface area contributed by atoms with Gasteiger partial charge in [-0.05, 0) is 37.5 Å². The molecule has 1 aliphatic rings. The number of rotatable bonds is 11. The number of nitrogens with zero attached hydrogens (tertiary/aromatic N) is 3. The molecule has 9 heteroatoms. The van der Waals surface area contributed by atoms with Crippen LogP contribution in [0.15, 0.2) is 24.3 Å². The molecule has 3 unspecified atom stereocenters. The lowest BCUT2D eigenvalue weighted by molar-refractivity contribution is -0.131. The predicted octanol–water partition coefficient (Wildman–Crippen LogP) is 1.48. The number of amides is 2. The molecule has 1 fully saturated rings. The van der Waals surface area contributed by atoms with E-state index < -0.39 is 11.8 Å². The summed E-state index contributed by atoms with van der Waals surface area (Å²) in [6, 6.07) is 11.6. The Bertz CT molecular complexity index is 820. The lowest BCUT2D eigenvalue weighted by Crippen LogP contribution is -2.38. The van der Waals surface area contributed by atoms with Gasteiger partial charge in [0.25, 0.3) is 0 Å². The summed E-state index contributed by atoms with van der Waals surface area (Å²) >= 11 is 1.49. The third-order valence-corrected chi connectivity index (χ3v) is 6.41. The van der Waals surface area contributed by atoms with Gasteiger partial charge in [0.2, 0.25) is 11.8 Å². The minimum absolute atomic E-state index is 0.0254. The van der Waals surface area contributed by atoms with Crippen molar-refractivity contribution in [2.24, 2.45) is 5.92 Å². The minimum Gasteiger partial charge on any atom is -0.396 e. The number of aliphatic hydroxyl groups excluding tert-OH is 1. The fourth-order valence-electron chi connectivity index (χ4n) is 3.37. The molecule has 2 rings (SSSR count). The quantitative estimate of drug-likeness (QED) is 0.454. The molecule has 0 aromatic heterocycles. The SMILES string of the molecule is CCN1C(=O)C(CCNc2cccc(CCO)c2)SC1CC(C#N)C(=O)NCC#N. The Kier molecular flexibility index (Phi) is 9.46. The van der Waals surface area contributed by atoms with Gasteiger partial charge < -0.3 is 20.6 Å². The smallest absolute Gasteiger partial charge is 0.238 e. The second-order valence-electron chi connectivity index (χ2n) is 6.89. The fourth-order valence-corrected chi connectivity index (χ4v) is 4.95. The van der Waals surface area contributed by atoms with E-state index in [-0.39, 0.29) is 36.1 Å². The first-order valence-electron chi connectivity index (χ1n) is 9.97. The van der Waals surface area contributed by atoms with Crippen molar-refractivity contribution in [3.63, 3.8) is 0 Å². The average molecular weight is 430 g/mol. The van der Waals surface area contributed by atoms with Crippen molar-refractivity contribution >= 4 is 29.3 Å². The van der Waals surface area contributed by atoms with Crippen molar-refractivity contribution in [2.45, 2.75) is 36.8 Å². The van der Waals surface area contributed by atoms with E-state index in [0.717, 1.165) is 11.3 Å². The molecular formula is C21H27N5O3S. The molecule has 1 aromatic rings. The van der Waals surface area contributed by atoms with Crippen LogP contribution in [-0.2, 0) is 16.0 Å². The number of nitriles is 2. The Morgan fingerprint density at radius 2 is 2.20 bits per heavy atom. The molecule has 1 aromatic carbocycles. The van der Waals surface area contributed by atoms with Crippen molar-refractivity contribution in [1.29, 1.82) is 10.5 Å². The van der Waals surface area contributed by atoms with Gasteiger partial charge in [-0.1, -0.05) is 12.1 Å². The average Bonchev–Trinajstić information content (AvgIpc) is 3.05. The van der Waals surface area contributed by atoms with E-state index in [1.807, 2.05) is 43.3 Å². The highest BCUT2D eigenvalue weighted by Gasteiger charge is 2.40. The summed E-state index contributed by atoms with van der Waals surface area (Å²) in [6.45, 7) is 2.97. The molecule has 0 radical (unpaired) electrons. The first-order chi connectivity index (χ1) is 14.5. The zero-order chi connectivity index (χ0) is 21.9. The molecule has 1 heterocycles. The van der Waals surface area contributed by atoms with Crippen molar-refractivity contribution in [3.05, 3.63) is 29.8 Å². The zero-order valence-electron chi connectivity index (χ0n) is 17.0. The van der Waals surface area contributed by atoms with Crippen molar-refractivity contribution in [1.82, 2.24) is 10.2 Å². The largest absolute Gasteiger partial charge is 0.396 e. The molecule has 2 amide bonds. The number of aliphatic hydroxyl groups is 1. The Hall–Kier alpha value is -2.75. The third kappa shape index (κ3) is 6.38. The van der Waals surface area contributed by atoms with E-state index in [1.54, 1.807) is 4.90 Å². The standard InChI is InChI=1S/C21H27N5O3S/c1-2-26-19(13-16(14-23)20(28)25-10-8-22)30-18(21(26)29)6-9-24-17-5-3-4-15(12-17)7-11-27/h3-5,12,16,18-19,24,27H,2,6-7,9-11,13H2,1H3,(H,25,28). The molecule has 30 heavy (non-hydrogen) atoms. The fraction of sp³-hybridized carbons (Fsp3) is 0.524. The van der Waals surface area contributed by atoms with Crippen molar-refractivity contribution in [3.8, 4) is 12.1 Å². The molecule has 1 saturated heterocycles. The molecule has 8 nitrogen and oxygen atoms in total. The first kappa shape index (κ1) is 23.5. The highest BCUT2D eigenvalue weighted by atomic mass is 32.2. The monoisotopic (exact) mass is 429 g/mol. The van der Waals surface area contributed by atoms with Gasteiger partial charge in [0.05, 0.1) is 22.8 Å². The number of benzene rings is 1. The summed E-state index contributed by atoms with van der Waals surface area (Å²) in [7, 11) is 0. The predicted molar refractivity (Wildman–Crippen MR) is 115 cm³/mol. The van der Waals surface area contributed by atoms with Crippen LogP contribution in [0.1, 0.15) is 25.3 Å². The summed E-state index contributed by atoms with van der Waals surface area (Å²) in [4.78, 5) is 26.5. The van der Waals surface area contributed by atoms with E-state index in [2.05, 4.69) is 10.6 Å². The Morgan fingerprint density at radius 1 is 1.40 bits per heavy atom. The van der Waals surface area contributed by atoms with Crippen molar-refractivity contribution in [2.75, 3.05) is 31.6 Å². The lowest BCUT2D eigenvalue weighted by atomic mass is 10.1. The maximum Gasteiger partial charge on any atom is 0.238 e. The highest BCUT2D eigenvalue weighted by molar-refractivity contribution is 8.01. The molecule has 3 N–H and O–H groups in total. The zero-order valence-corrected chi connectivity index (χ0v) is 17.8. The Labute approximate surface area is 181 Å². The van der Waals surface area contributed by atoms with Crippen LogP contribution in [0.3, 0.4) is 0 Å². The third-order valence-electron chi connectivity index (χ3n) is 4.88. The van der Waals surface area contributed by atoms with Gasteiger partial charge in [-0.25, -0.2) is 0 Å². The number of hydrogen-bond acceptors (Lipinski definition) is 7. The number of hydrogen-bond donors (Lipinski definition) is 3. The van der Waals surface area contributed by atoms with Gasteiger partial charge in [-0.15, -0.1) is 11.8 Å². The summed E-state index contributed by atoms with van der Waals surface area (Å²) in [5.74, 6) is -1.35. The number of carbonyl (C=O) groups excluding carboxylic acids is 2. The van der Waals surface area contributed by atoms with Crippen LogP contribution in [0.5, 0.6) is 0 Å². The Balaban J connectivity index is 1.92. The van der Waals surface area contributed by atoms with Crippen LogP contribution in [0, 0.1) is 28.6 Å². The number of thioether (sulfide) groups is 1. The summed E-state index contributed by atoms with van der Waals surface area (Å²) in [5, 5.41) is 32.3. The maximum atomic E-state index is 12.8. The molecule has 0 bridgehead atoms. The van der Waals surface area contributed by atoms with Crippen LogP contribution in [-0.4, -0.2) is 58.7 Å². The molecule has 1 aliphatic heterocycles. The van der Waals surface area contributed by atoms with E-state index >= 15 is 0 Å². The summed E-state index contributed by atoms with van der Waals surface area (Å²) in [5.41, 5.74) is 1.99. The molecule has 0 aliphatic carbocycles. The first-order valence-corrected chi connectivity index (χ1v) is 10.9. The van der Waals surface area contributed by atoms with E-state index in [4.69, 9.17) is 10.4 Å². The normalized spacial score (nSPS) is 19.1. The van der Waals surface area contributed by atoms with Crippen LogP contribution < -0.4 is 10.6 Å². The number of nitrogens with one attached hydrogen (secondary N) is 2. The van der Waals surface area contributed by atoms with Crippen molar-refractivity contribution < 1.29 is 14.7 Å². The Morgan fingerprint density at radius 3 is 2.87 bits per heavy atom. The van der Waals surface area contributed by atoms with Gasteiger partial charge in [0.15, 0.2) is 0 Å². The van der Waals surface area contributed by atoms with Gasteiger partial charge in [-0.2, -0.15) is 10.5 Å². The van der Waals surface area contributed by atoms with Gasteiger partial charge >= 0.3 is 0 Å². The molecular weight excluding hydrogens is 402 g/mol. The number of anilines is 1. The molecule has 0 saturated carbocycles. The van der Waals surface area contributed by atoms with Crippen LogP contribution in [0.2, 0.25) is 0 Å². The van der Waals surface area contributed by atoms with Crippen LogP contribution in [0.25, 0.3) is 0 Å². The summed E-state index contributed by atoms with van der Waals surface area (Å²) in [6.07, 6.45) is 1.46. The molecule has 160 valence electrons. The topological polar surface area (TPSA) is 129 Å². The second kappa shape index (κ2) is 12.1. The van der Waals surface area contributed by atoms with Crippen LogP contribution in [0.4, 0.5) is 5.69 Å². The lowest BCUT2D eigenvalue weighted by Gasteiger charge is -2.23. The van der Waals surface area contributed by atoms with Gasteiger partial charge in [0, 0.05) is 31.8 Å². The van der Waals surface area contributed by atoms with Gasteiger partial charge in [0.1, 0.15) is 12.5 Å². The minimum atomic E-state index is -0.899. The van der Waals surface area contributed by atoms with Gasteiger partial charge in [-0.3, -0.25) is 9.59 Å².